The van der Waals surface area contributed by atoms with Gasteiger partial charge in [0.05, 0.1) is 22.2 Å². The number of fused-ring (bicyclic) bond motifs is 1. The van der Waals surface area contributed by atoms with Crippen molar-refractivity contribution in [2.24, 2.45) is 7.05 Å². The summed E-state index contributed by atoms with van der Waals surface area (Å²) < 4.78 is 1.82. The molecule has 0 aliphatic heterocycles. The van der Waals surface area contributed by atoms with Crippen molar-refractivity contribution in [2.75, 3.05) is 5.32 Å². The monoisotopic (exact) mass is 320 g/mol. The van der Waals surface area contributed by atoms with Crippen LogP contribution in [0.3, 0.4) is 0 Å². The molecule has 0 fully saturated rings. The van der Waals surface area contributed by atoms with Crippen LogP contribution in [0.25, 0.3) is 11.0 Å². The highest BCUT2D eigenvalue weighted by molar-refractivity contribution is 7.13. The predicted molar refractivity (Wildman–Crippen MR) is 85.2 cm³/mol. The number of amides is 1. The second-order valence-corrected chi connectivity index (χ2v) is 6.11. The van der Waals surface area contributed by atoms with Crippen LogP contribution >= 0.6 is 22.9 Å². The van der Waals surface area contributed by atoms with Crippen LogP contribution in [-0.4, -0.2) is 20.4 Å². The van der Waals surface area contributed by atoms with Crippen LogP contribution in [0, 0.1) is 0 Å². The molecule has 0 aliphatic rings. The molecule has 2 heterocycles. The molecule has 1 amide bonds. The third-order valence-corrected chi connectivity index (χ3v) is 4.52. The molecule has 0 aliphatic carbocycles. The standard InChI is InChI=1S/C14H13ClN4OS/c1-3-12-16-7-11(21-12)13(20)18-14-17-9-6-8(15)4-5-10(9)19(14)2/h4-7H,3H2,1-2H3,(H,17,18,20). The number of nitrogens with one attached hydrogen (secondary N) is 1. The normalized spacial score (nSPS) is 11.0. The Kier molecular flexibility index (Phi) is 3.65. The van der Waals surface area contributed by atoms with Gasteiger partial charge in [0.15, 0.2) is 0 Å². The van der Waals surface area contributed by atoms with E-state index in [-0.39, 0.29) is 5.91 Å². The number of anilines is 1. The fourth-order valence-corrected chi connectivity index (χ4v) is 2.95. The number of carbonyl (C=O) groups excluding carboxylic acids is 1. The number of halogens is 1. The van der Waals surface area contributed by atoms with Gasteiger partial charge in [0.1, 0.15) is 4.88 Å². The average Bonchev–Trinajstić information content (AvgIpc) is 3.05. The first-order chi connectivity index (χ1) is 10.1. The highest BCUT2D eigenvalue weighted by Gasteiger charge is 2.14. The fourth-order valence-electron chi connectivity index (χ4n) is 2.03. The van der Waals surface area contributed by atoms with Crippen molar-refractivity contribution in [2.45, 2.75) is 13.3 Å². The molecule has 5 nitrogen and oxygen atoms in total. The van der Waals surface area contributed by atoms with Crippen LogP contribution in [0.1, 0.15) is 21.6 Å². The number of carbonyl (C=O) groups is 1. The second kappa shape index (κ2) is 5.46. The Labute approximate surface area is 130 Å². The largest absolute Gasteiger partial charge is 0.313 e. The lowest BCUT2D eigenvalue weighted by molar-refractivity contribution is 0.102. The quantitative estimate of drug-likeness (QED) is 0.803. The van der Waals surface area contributed by atoms with E-state index in [9.17, 15) is 4.79 Å². The Morgan fingerprint density at radius 2 is 2.29 bits per heavy atom. The van der Waals surface area contributed by atoms with Gasteiger partial charge in [0, 0.05) is 12.1 Å². The molecule has 0 spiro atoms. The molecular formula is C14H13ClN4OS. The summed E-state index contributed by atoms with van der Waals surface area (Å²) in [5.74, 6) is 0.292. The first-order valence-electron chi connectivity index (χ1n) is 6.46. The fraction of sp³-hybridized carbons (Fsp3) is 0.214. The van der Waals surface area contributed by atoms with E-state index in [4.69, 9.17) is 11.6 Å². The second-order valence-electron chi connectivity index (χ2n) is 4.55. The highest BCUT2D eigenvalue weighted by Crippen LogP contribution is 2.22. The lowest BCUT2D eigenvalue weighted by atomic mass is 10.3. The molecule has 2 aromatic heterocycles. The number of aromatic nitrogens is 3. The predicted octanol–water partition coefficient (Wildman–Crippen LogP) is 3.50. The SMILES string of the molecule is CCc1ncc(C(=O)Nc2nc3cc(Cl)ccc3n2C)s1. The summed E-state index contributed by atoms with van der Waals surface area (Å²) >= 11 is 7.35. The van der Waals surface area contributed by atoms with E-state index in [1.54, 1.807) is 18.3 Å². The third-order valence-electron chi connectivity index (χ3n) is 3.15. The van der Waals surface area contributed by atoms with Gasteiger partial charge in [0.25, 0.3) is 5.91 Å². The highest BCUT2D eigenvalue weighted by atomic mass is 35.5. The minimum absolute atomic E-state index is 0.197. The maximum Gasteiger partial charge on any atom is 0.269 e. The Morgan fingerprint density at radius 1 is 1.48 bits per heavy atom. The average molecular weight is 321 g/mol. The Hall–Kier alpha value is -1.92. The van der Waals surface area contributed by atoms with Gasteiger partial charge >= 0.3 is 0 Å². The molecule has 21 heavy (non-hydrogen) atoms. The molecule has 3 aromatic rings. The number of hydrogen-bond acceptors (Lipinski definition) is 4. The third kappa shape index (κ3) is 2.64. The van der Waals surface area contributed by atoms with E-state index < -0.39 is 0 Å². The Bertz CT molecular complexity index is 824. The molecule has 0 unspecified atom stereocenters. The van der Waals surface area contributed by atoms with Gasteiger partial charge in [-0.15, -0.1) is 11.3 Å². The molecule has 3 rings (SSSR count). The summed E-state index contributed by atoms with van der Waals surface area (Å²) in [6.07, 6.45) is 2.42. The first kappa shape index (κ1) is 14.0. The molecule has 0 saturated carbocycles. The van der Waals surface area contributed by atoms with Crippen molar-refractivity contribution in [3.63, 3.8) is 0 Å². The van der Waals surface area contributed by atoms with Gasteiger partial charge in [-0.2, -0.15) is 0 Å². The van der Waals surface area contributed by atoms with Gasteiger partial charge in [0.2, 0.25) is 5.95 Å². The number of aryl methyl sites for hydroxylation is 2. The van der Waals surface area contributed by atoms with E-state index in [0.717, 1.165) is 22.5 Å². The zero-order chi connectivity index (χ0) is 15.0. The van der Waals surface area contributed by atoms with Crippen molar-refractivity contribution >= 4 is 45.8 Å². The first-order valence-corrected chi connectivity index (χ1v) is 7.66. The van der Waals surface area contributed by atoms with Gasteiger partial charge in [-0.1, -0.05) is 18.5 Å². The van der Waals surface area contributed by atoms with E-state index in [1.807, 2.05) is 24.6 Å². The molecule has 0 saturated heterocycles. The summed E-state index contributed by atoms with van der Waals surface area (Å²) in [4.78, 5) is 21.4. The van der Waals surface area contributed by atoms with Gasteiger partial charge in [-0.05, 0) is 24.6 Å². The van der Waals surface area contributed by atoms with Crippen LogP contribution in [0.2, 0.25) is 5.02 Å². The molecule has 108 valence electrons. The summed E-state index contributed by atoms with van der Waals surface area (Å²) in [6, 6.07) is 5.45. The van der Waals surface area contributed by atoms with Crippen molar-refractivity contribution in [3.8, 4) is 0 Å². The van der Waals surface area contributed by atoms with Crippen LogP contribution < -0.4 is 5.32 Å². The summed E-state index contributed by atoms with van der Waals surface area (Å²) in [5.41, 5.74) is 1.66. The minimum Gasteiger partial charge on any atom is -0.313 e. The molecule has 0 atom stereocenters. The van der Waals surface area contributed by atoms with Crippen molar-refractivity contribution < 1.29 is 4.79 Å². The maximum atomic E-state index is 12.2. The lowest BCUT2D eigenvalue weighted by Gasteiger charge is -2.03. The topological polar surface area (TPSA) is 59.8 Å². The number of imidazole rings is 1. The zero-order valence-corrected chi connectivity index (χ0v) is 13.1. The Morgan fingerprint density at radius 3 is 3.00 bits per heavy atom. The number of rotatable bonds is 3. The molecule has 1 N–H and O–H groups in total. The van der Waals surface area contributed by atoms with E-state index in [1.165, 1.54) is 11.3 Å². The van der Waals surface area contributed by atoms with E-state index >= 15 is 0 Å². The van der Waals surface area contributed by atoms with Crippen LogP contribution in [0.15, 0.2) is 24.4 Å². The number of hydrogen-bond donors (Lipinski definition) is 1. The zero-order valence-electron chi connectivity index (χ0n) is 11.6. The van der Waals surface area contributed by atoms with E-state index in [2.05, 4.69) is 15.3 Å². The van der Waals surface area contributed by atoms with Gasteiger partial charge in [-0.25, -0.2) is 9.97 Å². The smallest absolute Gasteiger partial charge is 0.269 e. The number of benzene rings is 1. The summed E-state index contributed by atoms with van der Waals surface area (Å²) in [7, 11) is 1.85. The Balaban J connectivity index is 1.90. The molecule has 0 bridgehead atoms. The summed E-state index contributed by atoms with van der Waals surface area (Å²) in [6.45, 7) is 2.01. The van der Waals surface area contributed by atoms with Crippen LogP contribution in [0.4, 0.5) is 5.95 Å². The minimum atomic E-state index is -0.197. The van der Waals surface area contributed by atoms with E-state index in [0.29, 0.717) is 15.8 Å². The van der Waals surface area contributed by atoms with Crippen molar-refractivity contribution in [1.82, 2.24) is 14.5 Å². The molecule has 1 aromatic carbocycles. The lowest BCUT2D eigenvalue weighted by Crippen LogP contribution is -2.13. The van der Waals surface area contributed by atoms with Crippen molar-refractivity contribution in [1.29, 1.82) is 0 Å². The number of thiazole rings is 1. The van der Waals surface area contributed by atoms with Crippen molar-refractivity contribution in [3.05, 3.63) is 39.3 Å². The van der Waals surface area contributed by atoms with Gasteiger partial charge < -0.3 is 4.57 Å². The van der Waals surface area contributed by atoms with Crippen LogP contribution in [0.5, 0.6) is 0 Å². The molecule has 0 radical (unpaired) electrons. The maximum absolute atomic E-state index is 12.2. The molecular weight excluding hydrogens is 308 g/mol. The van der Waals surface area contributed by atoms with Crippen LogP contribution in [-0.2, 0) is 13.5 Å². The number of nitrogens with zero attached hydrogens (tertiary/aromatic N) is 3. The molecule has 7 heteroatoms. The summed E-state index contributed by atoms with van der Waals surface area (Å²) in [5, 5.41) is 4.37. The van der Waals surface area contributed by atoms with Gasteiger partial charge in [-0.3, -0.25) is 10.1 Å².